The molecule has 0 aliphatic rings. The number of unbranched alkanes of at least 4 members (excludes halogenated alkanes) is 5. The first kappa shape index (κ1) is 55.6. The van der Waals surface area contributed by atoms with Crippen molar-refractivity contribution in [1.29, 1.82) is 0 Å². The topological polar surface area (TPSA) is 129 Å². The van der Waals surface area contributed by atoms with E-state index in [0.717, 1.165) is 70.6 Å². The molecule has 2 unspecified atom stereocenters. The van der Waals surface area contributed by atoms with Gasteiger partial charge in [-0.1, -0.05) is 136 Å². The van der Waals surface area contributed by atoms with E-state index in [9.17, 15) is 24.2 Å². The van der Waals surface area contributed by atoms with Crippen LogP contribution >= 0.6 is 7.82 Å². The van der Waals surface area contributed by atoms with Gasteiger partial charge in [-0.05, 0) is 83.5 Å². The molecule has 3 atom stereocenters. The number of allylic oxidation sites excluding steroid dienone is 16. The third kappa shape index (κ3) is 42.6. The maximum absolute atomic E-state index is 12.7. The van der Waals surface area contributed by atoms with Crippen molar-refractivity contribution >= 4 is 19.8 Å². The average Bonchev–Trinajstić information content (AvgIpc) is 3.18. The Balaban J connectivity index is 4.57. The van der Waals surface area contributed by atoms with E-state index in [1.165, 1.54) is 0 Å². The highest BCUT2D eigenvalue weighted by molar-refractivity contribution is 7.47. The molecule has 0 aliphatic heterocycles. The summed E-state index contributed by atoms with van der Waals surface area (Å²) in [5, 5.41) is 9.77. The number of hydrogen-bond acceptors (Lipinski definition) is 8. The molecule has 0 aromatic carbocycles. The van der Waals surface area contributed by atoms with Crippen LogP contribution in [0.2, 0.25) is 0 Å². The van der Waals surface area contributed by atoms with Gasteiger partial charge in [0.25, 0.3) is 0 Å². The Morgan fingerprint density at radius 1 is 0.610 bits per heavy atom. The van der Waals surface area contributed by atoms with Gasteiger partial charge in [-0.25, -0.2) is 4.57 Å². The fourth-order valence-corrected chi connectivity index (χ4v) is 5.74. The number of quaternary nitrogens is 1. The van der Waals surface area contributed by atoms with Crippen molar-refractivity contribution in [3.63, 3.8) is 0 Å². The molecule has 0 spiro atoms. The number of carbonyl (C=O) groups excluding carboxylic acids is 2. The number of likely N-dealkylation sites (N-methyl/N-ethyl adjacent to an activating group) is 1. The molecule has 0 rings (SSSR count). The van der Waals surface area contributed by atoms with Crippen molar-refractivity contribution in [3.05, 3.63) is 109 Å². The highest BCUT2D eigenvalue weighted by Gasteiger charge is 2.27. The minimum absolute atomic E-state index is 0.00370. The van der Waals surface area contributed by atoms with E-state index < -0.39 is 38.6 Å². The molecular weight excluding hydrogens is 766 g/mol. The van der Waals surface area contributed by atoms with Crippen LogP contribution in [-0.4, -0.2) is 86.1 Å². The maximum atomic E-state index is 12.7. The summed E-state index contributed by atoms with van der Waals surface area (Å²) in [5.41, 5.74) is 0. The first-order chi connectivity index (χ1) is 28.4. The van der Waals surface area contributed by atoms with E-state index in [0.29, 0.717) is 36.7 Å². The summed E-state index contributed by atoms with van der Waals surface area (Å²) in [6, 6.07) is 0. The van der Waals surface area contributed by atoms with Crippen molar-refractivity contribution in [2.75, 3.05) is 47.5 Å². The lowest BCUT2D eigenvalue weighted by Gasteiger charge is -2.24. The van der Waals surface area contributed by atoms with Gasteiger partial charge in [0.15, 0.2) is 6.10 Å². The lowest BCUT2D eigenvalue weighted by Crippen LogP contribution is -2.37. The summed E-state index contributed by atoms with van der Waals surface area (Å²) in [7, 11) is 1.38. The fraction of sp³-hybridized carbons (Fsp3) is 0.583. The standard InChI is InChI=1S/C48H78NO9P/c1-6-8-10-11-12-13-14-15-16-17-18-19-24-27-30-33-36-40-48(52)58-46(44-57-59(53,54)56-42-41-49(3,4)5)43-55-47(51)39-35-32-29-26-23-21-20-22-25-28-31-34-38-45(50)37-9-7-2/h8-10,12-13,15-16,18-21,25-26,28-29,31,34,37,45-46,50H,6-7,11,14,17,22-24,27,30,32-33,35-36,38-44H2,1-5H3/p+1/b10-8-,13-12-,16-15-,19-18-,21-20-,28-25-,29-26-,34-31+,37-9-/t45?,46-/m1/s1. The number of hydrogen-bond donors (Lipinski definition) is 2. The second-order valence-electron chi connectivity index (χ2n) is 15.2. The predicted octanol–water partition coefficient (Wildman–Crippen LogP) is 11.3. The zero-order valence-electron chi connectivity index (χ0n) is 37.0. The molecule has 0 radical (unpaired) electrons. The Kier molecular flexibility index (Phi) is 36.6. The zero-order chi connectivity index (χ0) is 43.7. The number of phosphoric ester groups is 1. The summed E-state index contributed by atoms with van der Waals surface area (Å²) < 4.78 is 34.2. The number of aliphatic hydroxyl groups excluding tert-OH is 1. The van der Waals surface area contributed by atoms with Crippen LogP contribution in [0.25, 0.3) is 0 Å². The number of phosphoric acid groups is 1. The Bertz CT molecular complexity index is 1380. The van der Waals surface area contributed by atoms with Gasteiger partial charge in [-0.2, -0.15) is 0 Å². The third-order valence-corrected chi connectivity index (χ3v) is 9.36. The SMILES string of the molecule is CC/C=C\C/C=C\C/C=C\C/C=C\CCCCCCC(=O)O[C@H](COC(=O)CCC/C=C\C/C=C\C/C=C\C=C\CC(O)/C=C\CC)COP(=O)(O)OCC[N+](C)(C)C. The largest absolute Gasteiger partial charge is 0.472 e. The molecule has 0 aliphatic carbocycles. The molecule has 0 aromatic rings. The van der Waals surface area contributed by atoms with Gasteiger partial charge in [0.05, 0.1) is 33.9 Å². The highest BCUT2D eigenvalue weighted by atomic mass is 31.2. The molecule has 0 amide bonds. The Morgan fingerprint density at radius 2 is 1.14 bits per heavy atom. The van der Waals surface area contributed by atoms with Gasteiger partial charge >= 0.3 is 19.8 Å². The number of esters is 2. The summed E-state index contributed by atoms with van der Waals surface area (Å²) in [4.78, 5) is 35.3. The van der Waals surface area contributed by atoms with Crippen molar-refractivity contribution in [3.8, 4) is 0 Å². The highest BCUT2D eigenvalue weighted by Crippen LogP contribution is 2.43. The van der Waals surface area contributed by atoms with Crippen LogP contribution in [-0.2, 0) is 32.7 Å². The van der Waals surface area contributed by atoms with Gasteiger partial charge in [0.1, 0.15) is 19.8 Å². The smallest absolute Gasteiger partial charge is 0.462 e. The number of rotatable bonds is 37. The zero-order valence-corrected chi connectivity index (χ0v) is 37.9. The molecule has 0 saturated carbocycles. The van der Waals surface area contributed by atoms with Gasteiger partial charge < -0.3 is 24.0 Å². The Morgan fingerprint density at radius 3 is 1.75 bits per heavy atom. The number of carbonyl (C=O) groups is 2. The number of ether oxygens (including phenoxy) is 2. The molecule has 11 heteroatoms. The molecule has 2 N–H and O–H groups in total. The minimum Gasteiger partial charge on any atom is -0.462 e. The number of nitrogens with zero attached hydrogens (tertiary/aromatic N) is 1. The lowest BCUT2D eigenvalue weighted by atomic mass is 10.1. The molecule has 334 valence electrons. The van der Waals surface area contributed by atoms with E-state index >= 15 is 0 Å². The van der Waals surface area contributed by atoms with Crippen molar-refractivity contribution in [1.82, 2.24) is 0 Å². The van der Waals surface area contributed by atoms with Crippen LogP contribution in [0.3, 0.4) is 0 Å². The normalized spacial score (nSPS) is 15.2. The number of aliphatic hydroxyl groups is 1. The molecule has 0 saturated heterocycles. The fourth-order valence-electron chi connectivity index (χ4n) is 5.00. The molecule has 0 fully saturated rings. The van der Waals surface area contributed by atoms with Crippen molar-refractivity contribution < 1.29 is 47.2 Å². The minimum atomic E-state index is -4.41. The summed E-state index contributed by atoms with van der Waals surface area (Å²) in [5.74, 6) is -0.933. The van der Waals surface area contributed by atoms with Gasteiger partial charge in [0.2, 0.25) is 0 Å². The van der Waals surface area contributed by atoms with E-state index in [4.69, 9.17) is 18.5 Å². The van der Waals surface area contributed by atoms with Crippen LogP contribution in [0.1, 0.15) is 123 Å². The second kappa shape index (κ2) is 38.8. The van der Waals surface area contributed by atoms with E-state index in [-0.39, 0.29) is 26.1 Å². The van der Waals surface area contributed by atoms with Crippen LogP contribution < -0.4 is 0 Å². The molecule has 10 nitrogen and oxygen atoms in total. The van der Waals surface area contributed by atoms with Gasteiger partial charge in [0, 0.05) is 12.8 Å². The molecule has 59 heavy (non-hydrogen) atoms. The van der Waals surface area contributed by atoms with Crippen LogP contribution in [0.5, 0.6) is 0 Å². The van der Waals surface area contributed by atoms with Crippen LogP contribution in [0, 0.1) is 0 Å². The van der Waals surface area contributed by atoms with E-state index in [2.05, 4.69) is 73.8 Å². The van der Waals surface area contributed by atoms with Crippen molar-refractivity contribution in [2.24, 2.45) is 0 Å². The third-order valence-electron chi connectivity index (χ3n) is 8.37. The molecule has 0 bridgehead atoms. The average molecular weight is 845 g/mol. The Labute approximate surface area is 358 Å². The second-order valence-corrected chi connectivity index (χ2v) is 16.6. The first-order valence-electron chi connectivity index (χ1n) is 21.7. The summed E-state index contributed by atoms with van der Waals surface area (Å²) >= 11 is 0. The van der Waals surface area contributed by atoms with Crippen LogP contribution in [0.4, 0.5) is 0 Å². The molecular formula is C48H79NO9P+. The maximum Gasteiger partial charge on any atom is 0.472 e. The van der Waals surface area contributed by atoms with Gasteiger partial charge in [-0.15, -0.1) is 0 Å². The van der Waals surface area contributed by atoms with E-state index in [1.807, 2.05) is 70.6 Å². The monoisotopic (exact) mass is 845 g/mol. The first-order valence-corrected chi connectivity index (χ1v) is 23.2. The Hall–Kier alpha value is -3.37. The lowest BCUT2D eigenvalue weighted by molar-refractivity contribution is -0.870. The van der Waals surface area contributed by atoms with Crippen LogP contribution in [0.15, 0.2) is 109 Å². The quantitative estimate of drug-likeness (QED) is 0.0157. The molecule has 0 heterocycles. The predicted molar refractivity (Wildman–Crippen MR) is 244 cm³/mol. The van der Waals surface area contributed by atoms with E-state index in [1.54, 1.807) is 0 Å². The molecule has 0 aromatic heterocycles. The van der Waals surface area contributed by atoms with Crippen molar-refractivity contribution in [2.45, 2.75) is 135 Å². The summed E-state index contributed by atoms with van der Waals surface area (Å²) in [6.07, 6.45) is 49.1. The summed E-state index contributed by atoms with van der Waals surface area (Å²) in [6.45, 7) is 3.92. The van der Waals surface area contributed by atoms with Gasteiger partial charge in [-0.3, -0.25) is 18.6 Å².